The molecule has 0 spiro atoms. The number of piperidine rings is 1. The van der Waals surface area contributed by atoms with Crippen LogP contribution < -0.4 is 15.8 Å². The van der Waals surface area contributed by atoms with E-state index < -0.39 is 0 Å². The van der Waals surface area contributed by atoms with E-state index in [4.69, 9.17) is 10.5 Å². The largest absolute Gasteiger partial charge is 0.484 e. The molecule has 6 nitrogen and oxygen atoms in total. The summed E-state index contributed by atoms with van der Waals surface area (Å²) in [6, 6.07) is 9.33. The van der Waals surface area contributed by atoms with Crippen molar-refractivity contribution in [1.82, 2.24) is 10.2 Å². The number of nitrogens with two attached hydrogens (primary N) is 1. The number of halogens is 1. The molecule has 2 rings (SSSR count). The Bertz CT molecular complexity index is 540. The third-order valence-corrected chi connectivity index (χ3v) is 4.15. The number of carbonyl (C=O) groups is 2. The van der Waals surface area contributed by atoms with Crippen LogP contribution in [0.2, 0.25) is 0 Å². The fourth-order valence-electron chi connectivity index (χ4n) is 2.74. The van der Waals surface area contributed by atoms with E-state index in [0.29, 0.717) is 25.4 Å². The van der Waals surface area contributed by atoms with Crippen LogP contribution in [0.4, 0.5) is 0 Å². The monoisotopic (exact) mass is 369 g/mol. The lowest BCUT2D eigenvalue weighted by atomic mass is 9.97. The first kappa shape index (κ1) is 21.3. The van der Waals surface area contributed by atoms with E-state index >= 15 is 0 Å². The van der Waals surface area contributed by atoms with E-state index in [1.165, 1.54) is 0 Å². The number of nitrogens with one attached hydrogen (secondary N) is 1. The molecular formula is C18H28ClN3O3. The highest BCUT2D eigenvalue weighted by molar-refractivity contribution is 5.85. The zero-order valence-corrected chi connectivity index (χ0v) is 15.5. The molecular weight excluding hydrogens is 342 g/mol. The zero-order valence-electron chi connectivity index (χ0n) is 14.6. The highest BCUT2D eigenvalue weighted by atomic mass is 35.5. The number of hydrogen-bond acceptors (Lipinski definition) is 4. The van der Waals surface area contributed by atoms with Gasteiger partial charge in [-0.1, -0.05) is 18.2 Å². The summed E-state index contributed by atoms with van der Waals surface area (Å²) >= 11 is 0. The second kappa shape index (κ2) is 10.9. The van der Waals surface area contributed by atoms with Gasteiger partial charge in [0.25, 0.3) is 5.91 Å². The van der Waals surface area contributed by atoms with Gasteiger partial charge in [0.1, 0.15) is 5.75 Å². The highest BCUT2D eigenvalue weighted by Crippen LogP contribution is 2.17. The van der Waals surface area contributed by atoms with Crippen LogP contribution in [0.3, 0.4) is 0 Å². The van der Waals surface area contributed by atoms with Gasteiger partial charge in [-0.2, -0.15) is 0 Å². The molecule has 2 amide bonds. The van der Waals surface area contributed by atoms with Gasteiger partial charge in [-0.3, -0.25) is 9.59 Å². The normalized spacial score (nSPS) is 18.0. The van der Waals surface area contributed by atoms with Crippen molar-refractivity contribution < 1.29 is 14.3 Å². The van der Waals surface area contributed by atoms with E-state index in [1.54, 1.807) is 4.90 Å². The van der Waals surface area contributed by atoms with E-state index in [2.05, 4.69) is 5.32 Å². The average Bonchev–Trinajstić information content (AvgIpc) is 2.60. The lowest BCUT2D eigenvalue weighted by molar-refractivity contribution is -0.137. The Balaban J connectivity index is 0.00000312. The van der Waals surface area contributed by atoms with E-state index in [1.807, 2.05) is 37.3 Å². The van der Waals surface area contributed by atoms with Gasteiger partial charge in [0, 0.05) is 25.7 Å². The molecule has 0 bridgehead atoms. The molecule has 1 aliphatic heterocycles. The lowest BCUT2D eigenvalue weighted by Gasteiger charge is -2.32. The third-order valence-electron chi connectivity index (χ3n) is 4.15. The number of rotatable bonds is 7. The molecule has 0 aliphatic carbocycles. The van der Waals surface area contributed by atoms with Crippen LogP contribution in [0, 0.1) is 5.92 Å². The van der Waals surface area contributed by atoms with Crippen molar-refractivity contribution in [3.05, 3.63) is 30.3 Å². The lowest BCUT2D eigenvalue weighted by Crippen LogP contribution is -2.47. The summed E-state index contributed by atoms with van der Waals surface area (Å²) in [4.78, 5) is 26.2. The fraction of sp³-hybridized carbons (Fsp3) is 0.556. The van der Waals surface area contributed by atoms with E-state index in [-0.39, 0.29) is 42.8 Å². The van der Waals surface area contributed by atoms with Crippen LogP contribution in [0.1, 0.15) is 26.2 Å². The molecule has 0 radical (unpaired) electrons. The molecule has 0 aromatic heterocycles. The molecule has 1 aromatic rings. The van der Waals surface area contributed by atoms with Crippen molar-refractivity contribution in [2.24, 2.45) is 11.7 Å². The van der Waals surface area contributed by atoms with Crippen molar-refractivity contribution >= 4 is 24.2 Å². The number of nitrogens with zero attached hydrogens (tertiary/aromatic N) is 1. The fourth-order valence-corrected chi connectivity index (χ4v) is 2.74. The summed E-state index contributed by atoms with van der Waals surface area (Å²) in [5, 5.41) is 2.91. The van der Waals surface area contributed by atoms with Gasteiger partial charge in [-0.25, -0.2) is 0 Å². The number of hydrogen-bond donors (Lipinski definition) is 2. The van der Waals surface area contributed by atoms with Crippen molar-refractivity contribution in [2.75, 3.05) is 26.2 Å². The Labute approximate surface area is 155 Å². The Morgan fingerprint density at radius 3 is 2.76 bits per heavy atom. The van der Waals surface area contributed by atoms with E-state index in [9.17, 15) is 9.59 Å². The molecule has 0 saturated carbocycles. The molecule has 25 heavy (non-hydrogen) atoms. The molecule has 1 saturated heterocycles. The summed E-state index contributed by atoms with van der Waals surface area (Å²) in [7, 11) is 0. The van der Waals surface area contributed by atoms with E-state index in [0.717, 1.165) is 19.3 Å². The predicted molar refractivity (Wildman–Crippen MR) is 99.8 cm³/mol. The van der Waals surface area contributed by atoms with Gasteiger partial charge in [0.15, 0.2) is 6.61 Å². The smallest absolute Gasteiger partial charge is 0.260 e. The second-order valence-corrected chi connectivity index (χ2v) is 6.34. The second-order valence-electron chi connectivity index (χ2n) is 6.34. The first-order valence-corrected chi connectivity index (χ1v) is 8.55. The molecule has 140 valence electrons. The summed E-state index contributed by atoms with van der Waals surface area (Å²) in [5.74, 6) is 0.463. The molecule has 3 N–H and O–H groups in total. The van der Waals surface area contributed by atoms with Gasteiger partial charge in [0.05, 0.1) is 5.92 Å². The van der Waals surface area contributed by atoms with Crippen LogP contribution >= 0.6 is 12.4 Å². The minimum Gasteiger partial charge on any atom is -0.484 e. The SMILES string of the molecule is CC(N)CCNC(=O)C1CCCN(C(=O)COc2ccccc2)C1.Cl. The summed E-state index contributed by atoms with van der Waals surface area (Å²) in [5.41, 5.74) is 5.68. The Morgan fingerprint density at radius 1 is 1.36 bits per heavy atom. The molecule has 1 aliphatic rings. The molecule has 1 fully saturated rings. The van der Waals surface area contributed by atoms with Crippen molar-refractivity contribution in [3.8, 4) is 5.75 Å². The minimum absolute atomic E-state index is 0. The third kappa shape index (κ3) is 7.32. The Morgan fingerprint density at radius 2 is 2.08 bits per heavy atom. The molecule has 1 heterocycles. The number of ether oxygens (including phenoxy) is 1. The maximum absolute atomic E-state index is 12.3. The standard InChI is InChI=1S/C18H27N3O3.ClH/c1-14(19)9-10-20-18(23)15-6-5-11-21(12-15)17(22)13-24-16-7-3-2-4-8-16;/h2-4,7-8,14-15H,5-6,9-13,19H2,1H3,(H,20,23);1H. The van der Waals surface area contributed by atoms with Gasteiger partial charge in [-0.15, -0.1) is 12.4 Å². The molecule has 7 heteroatoms. The molecule has 2 unspecified atom stereocenters. The first-order chi connectivity index (χ1) is 11.6. The minimum atomic E-state index is -0.146. The Hall–Kier alpha value is -1.79. The topological polar surface area (TPSA) is 84.7 Å². The average molecular weight is 370 g/mol. The number of para-hydroxylation sites is 1. The quantitative estimate of drug-likeness (QED) is 0.764. The van der Waals surface area contributed by atoms with Crippen LogP contribution in [0.25, 0.3) is 0 Å². The van der Waals surface area contributed by atoms with Crippen molar-refractivity contribution in [3.63, 3.8) is 0 Å². The maximum atomic E-state index is 12.3. The summed E-state index contributed by atoms with van der Waals surface area (Å²) in [6.45, 7) is 3.64. The van der Waals surface area contributed by atoms with Crippen molar-refractivity contribution in [2.45, 2.75) is 32.2 Å². The molecule has 2 atom stereocenters. The molecule has 1 aromatic carbocycles. The number of carbonyl (C=O) groups excluding carboxylic acids is 2. The number of amides is 2. The zero-order chi connectivity index (χ0) is 17.4. The first-order valence-electron chi connectivity index (χ1n) is 8.55. The van der Waals surface area contributed by atoms with Crippen molar-refractivity contribution in [1.29, 1.82) is 0 Å². The Kier molecular flexibility index (Phi) is 9.31. The van der Waals surface area contributed by atoms with Crippen LogP contribution in [-0.4, -0.2) is 49.0 Å². The predicted octanol–water partition coefficient (Wildman–Crippen LogP) is 1.58. The maximum Gasteiger partial charge on any atom is 0.260 e. The highest BCUT2D eigenvalue weighted by Gasteiger charge is 2.28. The summed E-state index contributed by atoms with van der Waals surface area (Å²) < 4.78 is 5.50. The van der Waals surface area contributed by atoms with Crippen LogP contribution in [-0.2, 0) is 9.59 Å². The van der Waals surface area contributed by atoms with Gasteiger partial charge in [-0.05, 0) is 38.3 Å². The van der Waals surface area contributed by atoms with Crippen LogP contribution in [0.15, 0.2) is 30.3 Å². The van der Waals surface area contributed by atoms with Gasteiger partial charge < -0.3 is 20.7 Å². The number of likely N-dealkylation sites (tertiary alicyclic amines) is 1. The van der Waals surface area contributed by atoms with Crippen LogP contribution in [0.5, 0.6) is 5.75 Å². The van der Waals surface area contributed by atoms with Gasteiger partial charge >= 0.3 is 0 Å². The number of benzene rings is 1. The summed E-state index contributed by atoms with van der Waals surface area (Å²) in [6.07, 6.45) is 2.40. The van der Waals surface area contributed by atoms with Gasteiger partial charge in [0.2, 0.25) is 5.91 Å².